The summed E-state index contributed by atoms with van der Waals surface area (Å²) in [5.41, 5.74) is 1.86. The summed E-state index contributed by atoms with van der Waals surface area (Å²) in [7, 11) is 0. The number of aliphatic imine (C=N–C) groups is 1. The lowest BCUT2D eigenvalue weighted by Crippen LogP contribution is -2.52. The predicted molar refractivity (Wildman–Crippen MR) is 100 cm³/mol. The normalized spacial score (nSPS) is 22.4. The zero-order valence-electron chi connectivity index (χ0n) is 14.0. The molecular formula is C20H20ClN3O. The minimum absolute atomic E-state index is 0.645. The highest BCUT2D eigenvalue weighted by Gasteiger charge is 2.33. The van der Waals surface area contributed by atoms with Crippen LogP contribution < -0.4 is 4.74 Å². The number of hydrogen-bond donors (Lipinski definition) is 0. The summed E-state index contributed by atoms with van der Waals surface area (Å²) in [5.74, 6) is 2.62. The van der Waals surface area contributed by atoms with Crippen LogP contribution in [0.15, 0.2) is 47.5 Å². The SMILES string of the molecule is Clc1ccc2c(c1)N=C(N1CCN3CCC[C@@H]3C1)c1ccccc1O2. The van der Waals surface area contributed by atoms with Crippen molar-refractivity contribution in [2.75, 3.05) is 26.2 Å². The van der Waals surface area contributed by atoms with E-state index in [0.717, 1.165) is 48.2 Å². The molecular weight excluding hydrogens is 334 g/mol. The molecule has 128 valence electrons. The molecule has 25 heavy (non-hydrogen) atoms. The second-order valence-corrected chi connectivity index (χ2v) is 7.36. The van der Waals surface area contributed by atoms with Crippen LogP contribution in [-0.4, -0.2) is 47.9 Å². The number of nitrogens with zero attached hydrogens (tertiary/aromatic N) is 3. The Morgan fingerprint density at radius 2 is 1.96 bits per heavy atom. The summed E-state index contributed by atoms with van der Waals surface area (Å²) in [4.78, 5) is 10.0. The first-order chi connectivity index (χ1) is 12.3. The van der Waals surface area contributed by atoms with Crippen molar-refractivity contribution in [3.8, 4) is 11.5 Å². The number of hydrogen-bond acceptors (Lipinski definition) is 4. The third kappa shape index (κ3) is 2.70. The lowest BCUT2D eigenvalue weighted by molar-refractivity contribution is 0.152. The number of para-hydroxylation sites is 1. The van der Waals surface area contributed by atoms with Crippen LogP contribution in [0.4, 0.5) is 5.69 Å². The minimum atomic E-state index is 0.645. The maximum atomic E-state index is 6.20. The van der Waals surface area contributed by atoms with E-state index >= 15 is 0 Å². The van der Waals surface area contributed by atoms with Gasteiger partial charge < -0.3 is 9.64 Å². The van der Waals surface area contributed by atoms with Gasteiger partial charge in [-0.2, -0.15) is 0 Å². The Hall–Kier alpha value is -2.04. The van der Waals surface area contributed by atoms with Gasteiger partial charge in [0.15, 0.2) is 5.75 Å². The van der Waals surface area contributed by atoms with Crippen molar-refractivity contribution in [2.24, 2.45) is 4.99 Å². The molecule has 2 fully saturated rings. The van der Waals surface area contributed by atoms with Gasteiger partial charge in [-0.25, -0.2) is 4.99 Å². The fourth-order valence-electron chi connectivity index (χ4n) is 4.12. The summed E-state index contributed by atoms with van der Waals surface area (Å²) >= 11 is 6.20. The zero-order chi connectivity index (χ0) is 16.8. The van der Waals surface area contributed by atoms with Crippen molar-refractivity contribution in [2.45, 2.75) is 18.9 Å². The molecule has 0 bridgehead atoms. The average molecular weight is 354 g/mol. The van der Waals surface area contributed by atoms with Crippen molar-refractivity contribution in [1.82, 2.24) is 9.80 Å². The highest BCUT2D eigenvalue weighted by atomic mass is 35.5. The van der Waals surface area contributed by atoms with Crippen LogP contribution >= 0.6 is 11.6 Å². The van der Waals surface area contributed by atoms with Gasteiger partial charge in [-0.05, 0) is 49.7 Å². The molecule has 2 aromatic rings. The second-order valence-electron chi connectivity index (χ2n) is 6.92. The molecule has 2 aromatic carbocycles. The first-order valence-corrected chi connectivity index (χ1v) is 9.30. The van der Waals surface area contributed by atoms with Gasteiger partial charge in [-0.15, -0.1) is 0 Å². The molecule has 4 nitrogen and oxygen atoms in total. The third-order valence-corrected chi connectivity index (χ3v) is 5.62. The molecule has 3 aliphatic heterocycles. The quantitative estimate of drug-likeness (QED) is 0.706. The Morgan fingerprint density at radius 3 is 2.92 bits per heavy atom. The zero-order valence-corrected chi connectivity index (χ0v) is 14.7. The molecule has 0 N–H and O–H groups in total. The van der Waals surface area contributed by atoms with Crippen LogP contribution in [0.5, 0.6) is 11.5 Å². The maximum Gasteiger partial charge on any atom is 0.153 e. The van der Waals surface area contributed by atoms with Crippen LogP contribution in [0.1, 0.15) is 18.4 Å². The van der Waals surface area contributed by atoms with Crippen LogP contribution in [0.3, 0.4) is 0 Å². The molecule has 5 rings (SSSR count). The Labute approximate surface area is 152 Å². The van der Waals surface area contributed by atoms with E-state index in [9.17, 15) is 0 Å². The number of halogens is 1. The number of amidine groups is 1. The molecule has 0 aromatic heterocycles. The average Bonchev–Trinajstić information content (AvgIpc) is 3.03. The van der Waals surface area contributed by atoms with Crippen molar-refractivity contribution in [3.05, 3.63) is 53.1 Å². The van der Waals surface area contributed by atoms with E-state index in [1.165, 1.54) is 19.4 Å². The monoisotopic (exact) mass is 353 g/mol. The van der Waals surface area contributed by atoms with Gasteiger partial charge in [0, 0.05) is 30.7 Å². The van der Waals surface area contributed by atoms with Crippen LogP contribution in [0.2, 0.25) is 5.02 Å². The van der Waals surface area contributed by atoms with Gasteiger partial charge >= 0.3 is 0 Å². The van der Waals surface area contributed by atoms with E-state index in [2.05, 4.69) is 15.9 Å². The number of fused-ring (bicyclic) bond motifs is 3. The van der Waals surface area contributed by atoms with Gasteiger partial charge in [0.25, 0.3) is 0 Å². The molecule has 3 aliphatic rings. The first-order valence-electron chi connectivity index (χ1n) is 8.92. The summed E-state index contributed by atoms with van der Waals surface area (Å²) in [6, 6.07) is 14.4. The van der Waals surface area contributed by atoms with Crippen molar-refractivity contribution >= 4 is 23.1 Å². The molecule has 0 radical (unpaired) electrons. The number of rotatable bonds is 0. The largest absolute Gasteiger partial charge is 0.454 e. The van der Waals surface area contributed by atoms with Gasteiger partial charge in [-0.1, -0.05) is 23.7 Å². The number of ether oxygens (including phenoxy) is 1. The van der Waals surface area contributed by atoms with E-state index in [4.69, 9.17) is 21.3 Å². The van der Waals surface area contributed by atoms with Crippen molar-refractivity contribution < 1.29 is 4.74 Å². The fourth-order valence-corrected chi connectivity index (χ4v) is 4.29. The number of benzene rings is 2. The lowest BCUT2D eigenvalue weighted by Gasteiger charge is -2.39. The van der Waals surface area contributed by atoms with E-state index in [0.29, 0.717) is 11.1 Å². The predicted octanol–water partition coefficient (Wildman–Crippen LogP) is 4.30. The van der Waals surface area contributed by atoms with Gasteiger partial charge in [0.05, 0.1) is 5.56 Å². The van der Waals surface area contributed by atoms with Gasteiger partial charge in [0.1, 0.15) is 17.3 Å². The van der Waals surface area contributed by atoms with Crippen LogP contribution in [0, 0.1) is 0 Å². The molecule has 0 amide bonds. The van der Waals surface area contributed by atoms with Crippen molar-refractivity contribution in [1.29, 1.82) is 0 Å². The van der Waals surface area contributed by atoms with Crippen LogP contribution in [0.25, 0.3) is 0 Å². The van der Waals surface area contributed by atoms with E-state index < -0.39 is 0 Å². The smallest absolute Gasteiger partial charge is 0.153 e. The Balaban J connectivity index is 1.60. The molecule has 0 unspecified atom stereocenters. The Bertz CT molecular complexity index is 851. The van der Waals surface area contributed by atoms with Gasteiger partial charge in [0.2, 0.25) is 0 Å². The number of piperazine rings is 1. The van der Waals surface area contributed by atoms with E-state index in [1.807, 2.05) is 36.4 Å². The molecule has 5 heteroatoms. The highest BCUT2D eigenvalue weighted by Crippen LogP contribution is 2.39. The molecule has 1 atom stereocenters. The molecule has 2 saturated heterocycles. The molecule has 0 aliphatic carbocycles. The summed E-state index contributed by atoms with van der Waals surface area (Å²) in [6.07, 6.45) is 2.59. The second kappa shape index (κ2) is 6.04. The van der Waals surface area contributed by atoms with Crippen LogP contribution in [-0.2, 0) is 0 Å². The third-order valence-electron chi connectivity index (χ3n) is 5.38. The summed E-state index contributed by atoms with van der Waals surface area (Å²) in [6.45, 7) is 4.38. The lowest BCUT2D eigenvalue weighted by atomic mass is 10.1. The molecule has 0 spiro atoms. The molecule has 3 heterocycles. The standard InChI is InChI=1S/C20H20ClN3O/c21-14-7-8-19-17(12-14)22-20(16-5-1-2-6-18(16)25-19)24-11-10-23-9-3-4-15(23)13-24/h1-2,5-8,12,15H,3-4,9-11,13H2/t15-/m1/s1. The van der Waals surface area contributed by atoms with Gasteiger partial charge in [-0.3, -0.25) is 4.90 Å². The Morgan fingerprint density at radius 1 is 1.04 bits per heavy atom. The maximum absolute atomic E-state index is 6.20. The first kappa shape index (κ1) is 15.2. The molecule has 0 saturated carbocycles. The van der Waals surface area contributed by atoms with Crippen molar-refractivity contribution in [3.63, 3.8) is 0 Å². The minimum Gasteiger partial charge on any atom is -0.454 e. The Kier molecular flexibility index (Phi) is 3.68. The summed E-state index contributed by atoms with van der Waals surface area (Å²) < 4.78 is 6.15. The van der Waals surface area contributed by atoms with E-state index in [1.54, 1.807) is 0 Å². The fraction of sp³-hybridized carbons (Fsp3) is 0.350. The summed E-state index contributed by atoms with van der Waals surface area (Å²) in [5, 5.41) is 0.678. The topological polar surface area (TPSA) is 28.1 Å². The highest BCUT2D eigenvalue weighted by molar-refractivity contribution is 6.31. The van der Waals surface area contributed by atoms with E-state index in [-0.39, 0.29) is 0 Å².